The highest BCUT2D eigenvalue weighted by molar-refractivity contribution is 6.51. The first-order valence-electron chi connectivity index (χ1n) is 4.03. The maximum absolute atomic E-state index is 8.61. The van der Waals surface area contributed by atoms with Gasteiger partial charge in [0.05, 0.1) is 0 Å². The first-order chi connectivity index (χ1) is 5.30. The molecule has 1 rings (SSSR count). The third-order valence-electron chi connectivity index (χ3n) is 1.32. The van der Waals surface area contributed by atoms with Crippen LogP contribution < -0.4 is 0 Å². The summed E-state index contributed by atoms with van der Waals surface area (Å²) in [5.41, 5.74) is 0.612. The van der Waals surface area contributed by atoms with Crippen LogP contribution in [-0.4, -0.2) is 17.2 Å². The van der Waals surface area contributed by atoms with Gasteiger partial charge in [-0.1, -0.05) is 32.1 Å². The van der Waals surface area contributed by atoms with Crippen LogP contribution >= 0.6 is 0 Å². The van der Waals surface area contributed by atoms with Crippen molar-refractivity contribution in [3.63, 3.8) is 0 Å². The Bertz CT molecular complexity index is 150. The topological polar surface area (TPSA) is 40.5 Å². The first kappa shape index (κ1) is 10.5. The van der Waals surface area contributed by atoms with E-state index < -0.39 is 7.12 Å². The lowest BCUT2D eigenvalue weighted by Gasteiger charge is -2.03. The number of hydrogen-bond donors (Lipinski definition) is 2. The summed E-state index contributed by atoms with van der Waals surface area (Å²) >= 11 is 0. The van der Waals surface area contributed by atoms with Gasteiger partial charge in [0.2, 0.25) is 0 Å². The van der Waals surface area contributed by atoms with Crippen molar-refractivity contribution in [2.75, 3.05) is 0 Å². The van der Waals surface area contributed by atoms with E-state index >= 15 is 0 Å². The molecule has 0 radical (unpaired) electrons. The minimum Gasteiger partial charge on any atom is -0.423 e. The molecule has 0 bridgehead atoms. The molecule has 0 spiro atoms. The maximum atomic E-state index is 8.61. The minimum atomic E-state index is -1.29. The maximum Gasteiger partial charge on any atom is 0.488 e. The zero-order valence-corrected chi connectivity index (χ0v) is 7.12. The molecule has 0 aliphatic heterocycles. The zero-order valence-electron chi connectivity index (χ0n) is 7.12. The van der Waals surface area contributed by atoms with Gasteiger partial charge in [-0.2, -0.15) is 0 Å². The van der Waals surface area contributed by atoms with E-state index in [9.17, 15) is 0 Å². The van der Waals surface area contributed by atoms with Gasteiger partial charge in [-0.3, -0.25) is 0 Å². The summed E-state index contributed by atoms with van der Waals surface area (Å²) in [5, 5.41) is 17.2. The van der Waals surface area contributed by atoms with E-state index in [2.05, 4.69) is 0 Å². The number of allylic oxidation sites excluding steroid dienone is 4. The average Bonchev–Trinajstić information content (AvgIpc) is 2.10. The second kappa shape index (κ2) is 6.19. The van der Waals surface area contributed by atoms with Crippen LogP contribution in [0.1, 0.15) is 26.7 Å². The summed E-state index contributed by atoms with van der Waals surface area (Å²) in [4.78, 5) is 0. The fourth-order valence-corrected chi connectivity index (χ4v) is 0.825. The molecule has 0 unspecified atom stereocenters. The minimum absolute atomic E-state index is 0.612. The molecule has 1 aliphatic rings. The van der Waals surface area contributed by atoms with Crippen LogP contribution in [-0.2, 0) is 0 Å². The predicted octanol–water partition coefficient (Wildman–Crippen LogP) is 1.30. The van der Waals surface area contributed by atoms with Crippen LogP contribution in [0, 0.1) is 0 Å². The highest BCUT2D eigenvalue weighted by Gasteiger charge is 2.11. The van der Waals surface area contributed by atoms with Gasteiger partial charge in [0.1, 0.15) is 0 Å². The number of hydrogen-bond acceptors (Lipinski definition) is 2. The van der Waals surface area contributed by atoms with Crippen LogP contribution in [0.4, 0.5) is 0 Å². The Hall–Kier alpha value is -0.535. The lowest BCUT2D eigenvalue weighted by Crippen LogP contribution is -2.14. The standard InChI is InChI=1S/C6H9BO2.C2H6/c8-7(9)6-4-2-1-3-5-6;1-2/h2,4-5,8-9H,1,3H2;1-2H3. The number of rotatable bonds is 1. The van der Waals surface area contributed by atoms with Gasteiger partial charge in [-0.15, -0.1) is 0 Å². The van der Waals surface area contributed by atoms with E-state index in [1.54, 1.807) is 6.08 Å². The molecule has 0 aromatic heterocycles. The van der Waals surface area contributed by atoms with E-state index in [4.69, 9.17) is 10.0 Å². The Balaban J connectivity index is 0.000000461. The third kappa shape index (κ3) is 4.01. The van der Waals surface area contributed by atoms with E-state index in [0.717, 1.165) is 12.8 Å². The van der Waals surface area contributed by atoms with Crippen LogP contribution in [0.2, 0.25) is 0 Å². The predicted molar refractivity (Wildman–Crippen MR) is 48.0 cm³/mol. The fraction of sp³-hybridized carbons (Fsp3) is 0.500. The highest BCUT2D eigenvalue weighted by Crippen LogP contribution is 2.09. The van der Waals surface area contributed by atoms with E-state index in [0.29, 0.717) is 5.47 Å². The quantitative estimate of drug-likeness (QED) is 0.559. The molecular formula is C8H15BO2. The van der Waals surface area contributed by atoms with Gasteiger partial charge in [0.25, 0.3) is 0 Å². The van der Waals surface area contributed by atoms with Crippen LogP contribution in [0.25, 0.3) is 0 Å². The summed E-state index contributed by atoms with van der Waals surface area (Å²) in [5.74, 6) is 0. The normalized spacial score (nSPS) is 14.7. The molecule has 62 valence electrons. The van der Waals surface area contributed by atoms with Crippen LogP contribution in [0.5, 0.6) is 0 Å². The van der Waals surface area contributed by atoms with E-state index in [-0.39, 0.29) is 0 Å². The molecular weight excluding hydrogens is 139 g/mol. The highest BCUT2D eigenvalue weighted by atomic mass is 16.4. The molecule has 3 heteroatoms. The first-order valence-corrected chi connectivity index (χ1v) is 4.03. The molecule has 0 aromatic rings. The third-order valence-corrected chi connectivity index (χ3v) is 1.32. The van der Waals surface area contributed by atoms with Gasteiger partial charge in [-0.05, 0) is 18.3 Å². The van der Waals surface area contributed by atoms with Crippen molar-refractivity contribution in [3.05, 3.63) is 23.7 Å². The van der Waals surface area contributed by atoms with E-state index in [1.165, 1.54) is 0 Å². The van der Waals surface area contributed by atoms with E-state index in [1.807, 2.05) is 26.0 Å². The lowest BCUT2D eigenvalue weighted by molar-refractivity contribution is 0.420. The van der Waals surface area contributed by atoms with Gasteiger partial charge in [-0.25, -0.2) is 0 Å². The molecule has 0 aromatic carbocycles. The summed E-state index contributed by atoms with van der Waals surface area (Å²) < 4.78 is 0. The lowest BCUT2D eigenvalue weighted by atomic mass is 9.77. The average molecular weight is 154 g/mol. The SMILES string of the molecule is CC.OB(O)C1=CCCC=C1. The Kier molecular flexibility index (Phi) is 5.89. The van der Waals surface area contributed by atoms with Crippen molar-refractivity contribution in [2.45, 2.75) is 26.7 Å². The van der Waals surface area contributed by atoms with Crippen LogP contribution in [0.3, 0.4) is 0 Å². The van der Waals surface area contributed by atoms with Crippen molar-refractivity contribution in [2.24, 2.45) is 0 Å². The zero-order chi connectivity index (χ0) is 8.69. The summed E-state index contributed by atoms with van der Waals surface area (Å²) in [6.07, 6.45) is 7.45. The monoisotopic (exact) mass is 154 g/mol. The summed E-state index contributed by atoms with van der Waals surface area (Å²) in [6, 6.07) is 0. The molecule has 0 saturated heterocycles. The Labute approximate surface area is 68.4 Å². The summed E-state index contributed by atoms with van der Waals surface area (Å²) in [7, 11) is -1.29. The molecule has 0 atom stereocenters. The molecule has 0 amide bonds. The molecule has 1 aliphatic carbocycles. The van der Waals surface area contributed by atoms with Crippen molar-refractivity contribution in [1.82, 2.24) is 0 Å². The van der Waals surface area contributed by atoms with Gasteiger partial charge in [0, 0.05) is 0 Å². The van der Waals surface area contributed by atoms with Crippen molar-refractivity contribution >= 4 is 7.12 Å². The second-order valence-electron chi connectivity index (χ2n) is 2.06. The van der Waals surface area contributed by atoms with Gasteiger partial charge < -0.3 is 10.0 Å². The molecule has 2 nitrogen and oxygen atoms in total. The largest absolute Gasteiger partial charge is 0.488 e. The molecule has 11 heavy (non-hydrogen) atoms. The van der Waals surface area contributed by atoms with Crippen molar-refractivity contribution < 1.29 is 10.0 Å². The van der Waals surface area contributed by atoms with Gasteiger partial charge >= 0.3 is 7.12 Å². The molecule has 0 saturated carbocycles. The van der Waals surface area contributed by atoms with Gasteiger partial charge in [0.15, 0.2) is 0 Å². The molecule has 2 N–H and O–H groups in total. The van der Waals surface area contributed by atoms with Crippen molar-refractivity contribution in [1.29, 1.82) is 0 Å². The van der Waals surface area contributed by atoms with Crippen molar-refractivity contribution in [3.8, 4) is 0 Å². The fourth-order valence-electron chi connectivity index (χ4n) is 0.825. The molecule has 0 fully saturated rings. The van der Waals surface area contributed by atoms with Crippen LogP contribution in [0.15, 0.2) is 23.7 Å². The second-order valence-corrected chi connectivity index (χ2v) is 2.06. The molecule has 0 heterocycles. The smallest absolute Gasteiger partial charge is 0.423 e. The Morgan fingerprint density at radius 2 is 1.91 bits per heavy atom. The Morgan fingerprint density at radius 3 is 2.18 bits per heavy atom. The Morgan fingerprint density at radius 1 is 1.27 bits per heavy atom. The summed E-state index contributed by atoms with van der Waals surface area (Å²) in [6.45, 7) is 4.00.